The van der Waals surface area contributed by atoms with E-state index in [0.717, 1.165) is 23.7 Å². The number of fused-ring (bicyclic) bond motifs is 1. The molecule has 2 aromatic heterocycles. The summed E-state index contributed by atoms with van der Waals surface area (Å²) < 4.78 is 0. The molecule has 112 valence electrons. The zero-order chi connectivity index (χ0) is 14.9. The Kier molecular flexibility index (Phi) is 3.54. The van der Waals surface area contributed by atoms with Crippen molar-refractivity contribution < 1.29 is 0 Å². The van der Waals surface area contributed by atoms with Gasteiger partial charge in [0.2, 0.25) is 0 Å². The highest BCUT2D eigenvalue weighted by Gasteiger charge is 2.17. The second-order valence-corrected chi connectivity index (χ2v) is 6.97. The van der Waals surface area contributed by atoms with Gasteiger partial charge in [0, 0.05) is 18.0 Å². The Morgan fingerprint density at radius 2 is 1.77 bits per heavy atom. The molecule has 3 aromatic rings. The van der Waals surface area contributed by atoms with E-state index in [-0.39, 0.29) is 0 Å². The van der Waals surface area contributed by atoms with Crippen molar-refractivity contribution in [1.82, 2.24) is 9.97 Å². The molecule has 1 fully saturated rings. The van der Waals surface area contributed by atoms with Gasteiger partial charge in [0.05, 0.1) is 5.39 Å². The molecule has 1 aromatic carbocycles. The molecule has 1 saturated heterocycles. The molecule has 0 bridgehead atoms. The van der Waals surface area contributed by atoms with Crippen molar-refractivity contribution in [3.05, 3.63) is 42.2 Å². The molecule has 0 radical (unpaired) electrons. The average Bonchev–Trinajstić information content (AvgIpc) is 3.00. The molecule has 4 rings (SSSR count). The van der Waals surface area contributed by atoms with Crippen molar-refractivity contribution in [2.45, 2.75) is 26.2 Å². The molecule has 0 amide bonds. The van der Waals surface area contributed by atoms with Gasteiger partial charge < -0.3 is 4.90 Å². The standard InChI is InChI=1S/C18H19N3S/c1-13-5-7-14(8-6-13)16-11-15-17(19-12-20-18(15)22-16)21-9-3-2-4-10-21/h5-8,11-12H,2-4,9-10H2,1H3. The minimum Gasteiger partial charge on any atom is -0.356 e. The lowest BCUT2D eigenvalue weighted by Gasteiger charge is -2.27. The van der Waals surface area contributed by atoms with E-state index in [2.05, 4.69) is 52.1 Å². The van der Waals surface area contributed by atoms with Crippen LogP contribution in [0.25, 0.3) is 20.7 Å². The highest BCUT2D eigenvalue weighted by Crippen LogP contribution is 2.36. The van der Waals surface area contributed by atoms with Gasteiger partial charge in [-0.05, 0) is 37.8 Å². The van der Waals surface area contributed by atoms with Crippen LogP contribution in [0.3, 0.4) is 0 Å². The number of anilines is 1. The van der Waals surface area contributed by atoms with Crippen LogP contribution >= 0.6 is 11.3 Å². The molecule has 4 heteroatoms. The monoisotopic (exact) mass is 309 g/mol. The normalized spacial score (nSPS) is 15.4. The number of aryl methyl sites for hydroxylation is 1. The van der Waals surface area contributed by atoms with Crippen LogP contribution in [0, 0.1) is 6.92 Å². The van der Waals surface area contributed by atoms with E-state index in [4.69, 9.17) is 0 Å². The van der Waals surface area contributed by atoms with Crippen LogP contribution in [-0.4, -0.2) is 23.1 Å². The summed E-state index contributed by atoms with van der Waals surface area (Å²) in [5.74, 6) is 1.11. The largest absolute Gasteiger partial charge is 0.356 e. The molecule has 3 nitrogen and oxygen atoms in total. The maximum absolute atomic E-state index is 4.57. The van der Waals surface area contributed by atoms with Crippen molar-refractivity contribution in [3.8, 4) is 10.4 Å². The fraction of sp³-hybridized carbons (Fsp3) is 0.333. The number of benzene rings is 1. The molecule has 0 atom stereocenters. The smallest absolute Gasteiger partial charge is 0.140 e. The maximum Gasteiger partial charge on any atom is 0.140 e. The third-order valence-electron chi connectivity index (χ3n) is 4.30. The van der Waals surface area contributed by atoms with Gasteiger partial charge in [-0.2, -0.15) is 0 Å². The second kappa shape index (κ2) is 5.69. The zero-order valence-electron chi connectivity index (χ0n) is 12.7. The van der Waals surface area contributed by atoms with Crippen LogP contribution in [0.5, 0.6) is 0 Å². The minimum atomic E-state index is 1.09. The van der Waals surface area contributed by atoms with Crippen molar-refractivity contribution in [2.75, 3.05) is 18.0 Å². The van der Waals surface area contributed by atoms with Gasteiger partial charge in [-0.15, -0.1) is 11.3 Å². The first kappa shape index (κ1) is 13.7. The Labute approximate surface area is 134 Å². The first-order valence-electron chi connectivity index (χ1n) is 7.88. The Morgan fingerprint density at radius 1 is 1.00 bits per heavy atom. The predicted molar refractivity (Wildman–Crippen MR) is 93.7 cm³/mol. The van der Waals surface area contributed by atoms with Gasteiger partial charge in [0.1, 0.15) is 17.0 Å². The van der Waals surface area contributed by atoms with Crippen molar-refractivity contribution >= 4 is 27.4 Å². The Bertz CT molecular complexity index is 786. The first-order chi connectivity index (χ1) is 10.8. The fourth-order valence-corrected chi connectivity index (χ4v) is 4.06. The predicted octanol–water partition coefficient (Wildman–Crippen LogP) is 4.66. The second-order valence-electron chi connectivity index (χ2n) is 5.94. The Morgan fingerprint density at radius 3 is 2.55 bits per heavy atom. The minimum absolute atomic E-state index is 1.09. The number of piperidine rings is 1. The van der Waals surface area contributed by atoms with Crippen molar-refractivity contribution in [2.24, 2.45) is 0 Å². The lowest BCUT2D eigenvalue weighted by molar-refractivity contribution is 0.574. The molecule has 0 N–H and O–H groups in total. The van der Waals surface area contributed by atoms with Crippen LogP contribution in [0.4, 0.5) is 5.82 Å². The van der Waals surface area contributed by atoms with Gasteiger partial charge in [0.25, 0.3) is 0 Å². The van der Waals surface area contributed by atoms with E-state index >= 15 is 0 Å². The Hall–Kier alpha value is -1.94. The van der Waals surface area contributed by atoms with Crippen LogP contribution in [0.15, 0.2) is 36.7 Å². The van der Waals surface area contributed by atoms with Crippen molar-refractivity contribution in [3.63, 3.8) is 0 Å². The zero-order valence-corrected chi connectivity index (χ0v) is 13.6. The highest BCUT2D eigenvalue weighted by molar-refractivity contribution is 7.21. The summed E-state index contributed by atoms with van der Waals surface area (Å²) >= 11 is 1.76. The summed E-state index contributed by atoms with van der Waals surface area (Å²) in [4.78, 5) is 13.8. The number of hydrogen-bond donors (Lipinski definition) is 0. The van der Waals surface area contributed by atoms with Gasteiger partial charge >= 0.3 is 0 Å². The van der Waals surface area contributed by atoms with Gasteiger partial charge in [0.15, 0.2) is 0 Å². The molecule has 0 saturated carbocycles. The summed E-state index contributed by atoms with van der Waals surface area (Å²) in [5.41, 5.74) is 2.55. The molecule has 22 heavy (non-hydrogen) atoms. The molecule has 1 aliphatic heterocycles. The number of nitrogens with zero attached hydrogens (tertiary/aromatic N) is 3. The van der Waals surface area contributed by atoms with E-state index in [1.165, 1.54) is 40.7 Å². The summed E-state index contributed by atoms with van der Waals surface area (Å²) in [7, 11) is 0. The van der Waals surface area contributed by atoms with Crippen LogP contribution < -0.4 is 4.90 Å². The molecule has 0 aliphatic carbocycles. The van der Waals surface area contributed by atoms with Gasteiger partial charge in [-0.1, -0.05) is 29.8 Å². The van der Waals surface area contributed by atoms with E-state index in [1.807, 2.05) is 0 Å². The number of hydrogen-bond acceptors (Lipinski definition) is 4. The van der Waals surface area contributed by atoms with Crippen molar-refractivity contribution in [1.29, 1.82) is 0 Å². The SMILES string of the molecule is Cc1ccc(-c2cc3c(N4CCCCC4)ncnc3s2)cc1. The third kappa shape index (κ3) is 2.48. The number of aromatic nitrogens is 2. The fourth-order valence-electron chi connectivity index (χ4n) is 3.06. The topological polar surface area (TPSA) is 29.0 Å². The summed E-state index contributed by atoms with van der Waals surface area (Å²) in [6.07, 6.45) is 5.57. The third-order valence-corrected chi connectivity index (χ3v) is 5.39. The van der Waals surface area contributed by atoms with Gasteiger partial charge in [-0.3, -0.25) is 0 Å². The van der Waals surface area contributed by atoms with Crippen LogP contribution in [0.1, 0.15) is 24.8 Å². The van der Waals surface area contributed by atoms with E-state index in [9.17, 15) is 0 Å². The summed E-state index contributed by atoms with van der Waals surface area (Å²) in [6.45, 7) is 4.35. The molecule has 3 heterocycles. The molecule has 1 aliphatic rings. The summed E-state index contributed by atoms with van der Waals surface area (Å²) in [6, 6.07) is 11.0. The highest BCUT2D eigenvalue weighted by atomic mass is 32.1. The first-order valence-corrected chi connectivity index (χ1v) is 8.69. The lowest BCUT2D eigenvalue weighted by Crippen LogP contribution is -2.30. The Balaban J connectivity index is 1.78. The maximum atomic E-state index is 4.57. The van der Waals surface area contributed by atoms with E-state index in [1.54, 1.807) is 17.7 Å². The van der Waals surface area contributed by atoms with E-state index < -0.39 is 0 Å². The molecule has 0 spiro atoms. The summed E-state index contributed by atoms with van der Waals surface area (Å²) in [5, 5.41) is 1.20. The van der Waals surface area contributed by atoms with Gasteiger partial charge in [-0.25, -0.2) is 9.97 Å². The van der Waals surface area contributed by atoms with E-state index in [0.29, 0.717) is 0 Å². The lowest BCUT2D eigenvalue weighted by atomic mass is 10.1. The quantitative estimate of drug-likeness (QED) is 0.689. The number of rotatable bonds is 2. The molecular formula is C18H19N3S. The van der Waals surface area contributed by atoms with Crippen LogP contribution in [0.2, 0.25) is 0 Å². The average molecular weight is 309 g/mol. The number of thiophene rings is 1. The molecule has 0 unspecified atom stereocenters. The molecular weight excluding hydrogens is 290 g/mol. The van der Waals surface area contributed by atoms with Crippen LogP contribution in [-0.2, 0) is 0 Å².